The summed E-state index contributed by atoms with van der Waals surface area (Å²) in [4.78, 5) is 4.71. The summed E-state index contributed by atoms with van der Waals surface area (Å²) in [6.07, 6.45) is 4.53. The van der Waals surface area contributed by atoms with Gasteiger partial charge in [-0.25, -0.2) is 4.99 Å². The Labute approximate surface area is 186 Å². The zero-order chi connectivity index (χ0) is 19.0. The van der Waals surface area contributed by atoms with Crippen molar-refractivity contribution in [3.8, 4) is 5.75 Å². The molecule has 0 aromatic heterocycles. The van der Waals surface area contributed by atoms with Gasteiger partial charge in [0.15, 0.2) is 5.96 Å². The summed E-state index contributed by atoms with van der Waals surface area (Å²) in [7, 11) is 0. The van der Waals surface area contributed by atoms with E-state index in [1.165, 1.54) is 17.7 Å². The van der Waals surface area contributed by atoms with Crippen LogP contribution < -0.4 is 15.4 Å². The van der Waals surface area contributed by atoms with Crippen LogP contribution in [0.1, 0.15) is 37.8 Å². The summed E-state index contributed by atoms with van der Waals surface area (Å²) < 4.78 is 11.3. The molecule has 0 bridgehead atoms. The predicted molar refractivity (Wildman–Crippen MR) is 129 cm³/mol. The van der Waals surface area contributed by atoms with Crippen molar-refractivity contribution in [2.45, 2.75) is 40.2 Å². The topological polar surface area (TPSA) is 54.9 Å². The number of benzene rings is 1. The van der Waals surface area contributed by atoms with Crippen LogP contribution in [-0.2, 0) is 11.3 Å². The van der Waals surface area contributed by atoms with Crippen LogP contribution in [0.5, 0.6) is 5.75 Å². The van der Waals surface area contributed by atoms with E-state index in [2.05, 4.69) is 48.9 Å². The Morgan fingerprint density at radius 1 is 1.15 bits per heavy atom. The second-order valence-electron chi connectivity index (χ2n) is 5.98. The number of nitrogens with zero attached hydrogens (tertiary/aromatic N) is 1. The number of aryl methyl sites for hydroxylation is 1. The van der Waals surface area contributed by atoms with Gasteiger partial charge in [-0.2, -0.15) is 11.8 Å². The highest BCUT2D eigenvalue weighted by atomic mass is 127. The second kappa shape index (κ2) is 17.4. The molecule has 5 nitrogen and oxygen atoms in total. The fourth-order valence-corrected chi connectivity index (χ4v) is 2.86. The Bertz CT molecular complexity index is 530. The van der Waals surface area contributed by atoms with Crippen molar-refractivity contribution in [2.75, 3.05) is 44.9 Å². The van der Waals surface area contributed by atoms with Gasteiger partial charge in [0.2, 0.25) is 0 Å². The number of halogens is 1. The molecule has 7 heteroatoms. The van der Waals surface area contributed by atoms with E-state index >= 15 is 0 Å². The van der Waals surface area contributed by atoms with Gasteiger partial charge in [0, 0.05) is 25.3 Å². The maximum absolute atomic E-state index is 5.90. The van der Waals surface area contributed by atoms with E-state index in [-0.39, 0.29) is 24.0 Å². The van der Waals surface area contributed by atoms with Gasteiger partial charge >= 0.3 is 0 Å². The standard InChI is InChI=1S/C20H35N3O2S.HI/c1-5-21-20(22-11-7-8-14-26-4)23-16-18-10-9-17(3)15-19(18)25-13-12-24-6-2;/h9-10,15H,5-8,11-14,16H2,1-4H3,(H2,21,22,23);1H. The average molecular weight is 509 g/mol. The van der Waals surface area contributed by atoms with Crippen molar-refractivity contribution in [2.24, 2.45) is 4.99 Å². The van der Waals surface area contributed by atoms with Gasteiger partial charge < -0.3 is 20.1 Å². The molecule has 0 spiro atoms. The van der Waals surface area contributed by atoms with Crippen molar-refractivity contribution < 1.29 is 9.47 Å². The van der Waals surface area contributed by atoms with Crippen molar-refractivity contribution in [1.29, 1.82) is 0 Å². The van der Waals surface area contributed by atoms with E-state index < -0.39 is 0 Å². The molecule has 1 aromatic rings. The summed E-state index contributed by atoms with van der Waals surface area (Å²) in [6, 6.07) is 6.26. The first-order chi connectivity index (χ1) is 12.7. The van der Waals surface area contributed by atoms with Crippen LogP contribution in [0.15, 0.2) is 23.2 Å². The molecule has 1 rings (SSSR count). The highest BCUT2D eigenvalue weighted by molar-refractivity contribution is 14.0. The summed E-state index contributed by atoms with van der Waals surface area (Å²) in [5, 5.41) is 6.72. The van der Waals surface area contributed by atoms with E-state index in [1.54, 1.807) is 0 Å². The number of unbranched alkanes of at least 4 members (excludes halogenated alkanes) is 1. The molecular formula is C20H36IN3O2S. The second-order valence-corrected chi connectivity index (χ2v) is 6.96. The first kappa shape index (κ1) is 26.3. The highest BCUT2D eigenvalue weighted by Gasteiger charge is 2.05. The third-order valence-electron chi connectivity index (χ3n) is 3.73. The largest absolute Gasteiger partial charge is 0.491 e. The lowest BCUT2D eigenvalue weighted by Crippen LogP contribution is -2.37. The summed E-state index contributed by atoms with van der Waals surface area (Å²) >= 11 is 1.89. The molecule has 0 radical (unpaired) electrons. The van der Waals surface area contributed by atoms with E-state index in [9.17, 15) is 0 Å². The number of guanidine groups is 1. The van der Waals surface area contributed by atoms with E-state index in [4.69, 9.17) is 14.5 Å². The Morgan fingerprint density at radius 2 is 1.96 bits per heavy atom. The molecule has 0 heterocycles. The Hall–Kier alpha value is -0.670. The Morgan fingerprint density at radius 3 is 2.67 bits per heavy atom. The smallest absolute Gasteiger partial charge is 0.191 e. The van der Waals surface area contributed by atoms with Crippen LogP contribution in [0.2, 0.25) is 0 Å². The van der Waals surface area contributed by atoms with Crippen molar-refractivity contribution >= 4 is 41.7 Å². The van der Waals surface area contributed by atoms with E-state index in [0.717, 1.165) is 36.8 Å². The number of ether oxygens (including phenoxy) is 2. The summed E-state index contributed by atoms with van der Waals surface area (Å²) in [5.41, 5.74) is 2.27. The molecule has 0 fully saturated rings. The van der Waals surface area contributed by atoms with Gasteiger partial charge in [-0.3, -0.25) is 0 Å². The van der Waals surface area contributed by atoms with Crippen LogP contribution in [-0.4, -0.2) is 50.9 Å². The number of thioether (sulfide) groups is 1. The van der Waals surface area contributed by atoms with E-state index in [1.807, 2.05) is 18.7 Å². The zero-order valence-electron chi connectivity index (χ0n) is 17.2. The molecule has 0 saturated heterocycles. The first-order valence-electron chi connectivity index (χ1n) is 9.52. The summed E-state index contributed by atoms with van der Waals surface area (Å²) in [6.45, 7) is 10.4. The maximum atomic E-state index is 5.90. The minimum atomic E-state index is 0. The monoisotopic (exact) mass is 509 g/mol. The maximum Gasteiger partial charge on any atom is 0.191 e. The molecule has 1 aromatic carbocycles. The fourth-order valence-electron chi connectivity index (χ4n) is 2.37. The van der Waals surface area contributed by atoms with Gasteiger partial charge in [-0.1, -0.05) is 12.1 Å². The van der Waals surface area contributed by atoms with Crippen molar-refractivity contribution in [3.63, 3.8) is 0 Å². The molecule has 2 N–H and O–H groups in total. The molecule has 0 aliphatic carbocycles. The van der Waals surface area contributed by atoms with Crippen LogP contribution >= 0.6 is 35.7 Å². The Balaban J connectivity index is 0.00000676. The average Bonchev–Trinajstić information content (AvgIpc) is 2.64. The third-order valence-corrected chi connectivity index (χ3v) is 4.43. The predicted octanol–water partition coefficient (Wildman–Crippen LogP) is 4.23. The SMILES string of the molecule is CCNC(=NCc1ccc(C)cc1OCCOCC)NCCCCSC.I. The van der Waals surface area contributed by atoms with Crippen molar-refractivity contribution in [3.05, 3.63) is 29.3 Å². The minimum Gasteiger partial charge on any atom is -0.491 e. The molecule has 0 saturated carbocycles. The number of aliphatic imine (C=N–C) groups is 1. The van der Waals surface area contributed by atoms with Crippen LogP contribution in [0.25, 0.3) is 0 Å². The molecule has 0 aliphatic heterocycles. The Kier molecular flexibility index (Phi) is 17.0. The molecule has 0 atom stereocenters. The van der Waals surface area contributed by atoms with E-state index in [0.29, 0.717) is 26.4 Å². The van der Waals surface area contributed by atoms with Crippen LogP contribution in [0, 0.1) is 6.92 Å². The van der Waals surface area contributed by atoms with Gasteiger partial charge in [-0.15, -0.1) is 24.0 Å². The number of hydrogen-bond acceptors (Lipinski definition) is 4. The normalized spacial score (nSPS) is 11.0. The van der Waals surface area contributed by atoms with Crippen molar-refractivity contribution in [1.82, 2.24) is 10.6 Å². The number of nitrogens with one attached hydrogen (secondary N) is 2. The highest BCUT2D eigenvalue weighted by Crippen LogP contribution is 2.21. The first-order valence-corrected chi connectivity index (χ1v) is 10.9. The number of hydrogen-bond donors (Lipinski definition) is 2. The quantitative estimate of drug-likeness (QED) is 0.181. The van der Waals surface area contributed by atoms with Gasteiger partial charge in [0.05, 0.1) is 13.2 Å². The third kappa shape index (κ3) is 12.4. The van der Waals surface area contributed by atoms with Gasteiger partial charge in [0.1, 0.15) is 12.4 Å². The minimum absolute atomic E-state index is 0. The molecule has 27 heavy (non-hydrogen) atoms. The van der Waals surface area contributed by atoms with Crippen LogP contribution in [0.3, 0.4) is 0 Å². The van der Waals surface area contributed by atoms with Gasteiger partial charge in [-0.05, 0) is 57.3 Å². The number of rotatable bonds is 13. The molecular weight excluding hydrogens is 473 g/mol. The zero-order valence-corrected chi connectivity index (χ0v) is 20.3. The molecule has 0 amide bonds. The lowest BCUT2D eigenvalue weighted by molar-refractivity contribution is 0.110. The summed E-state index contributed by atoms with van der Waals surface area (Å²) in [5.74, 6) is 2.96. The van der Waals surface area contributed by atoms with Crippen LogP contribution in [0.4, 0.5) is 0 Å². The van der Waals surface area contributed by atoms with Gasteiger partial charge in [0.25, 0.3) is 0 Å². The lowest BCUT2D eigenvalue weighted by Gasteiger charge is -2.13. The molecule has 0 aliphatic rings. The lowest BCUT2D eigenvalue weighted by atomic mass is 10.1. The fraction of sp³-hybridized carbons (Fsp3) is 0.650. The molecule has 0 unspecified atom stereocenters. The molecule has 156 valence electrons.